The summed E-state index contributed by atoms with van der Waals surface area (Å²) >= 11 is 0. The van der Waals surface area contributed by atoms with E-state index in [-0.39, 0.29) is 0 Å². The first-order chi connectivity index (χ1) is 28.7. The van der Waals surface area contributed by atoms with E-state index in [1.165, 1.54) is 44.5 Å². The van der Waals surface area contributed by atoms with Gasteiger partial charge in [0.15, 0.2) is 0 Å². The quantitative estimate of drug-likeness (QED) is 0.170. The zero-order valence-corrected chi connectivity index (χ0v) is 31.5. The Morgan fingerprint density at radius 2 is 0.845 bits per heavy atom. The van der Waals surface area contributed by atoms with E-state index in [1.807, 2.05) is 12.1 Å². The van der Waals surface area contributed by atoms with Gasteiger partial charge in [0.2, 0.25) is 0 Å². The number of anilines is 3. The zero-order chi connectivity index (χ0) is 38.2. The Hall–Kier alpha value is -7.62. The van der Waals surface area contributed by atoms with E-state index in [0.717, 1.165) is 60.9 Å². The van der Waals surface area contributed by atoms with Gasteiger partial charge in [0.1, 0.15) is 22.3 Å². The van der Waals surface area contributed by atoms with E-state index in [0.29, 0.717) is 0 Å². The lowest BCUT2D eigenvalue weighted by molar-refractivity contribution is 0.666. The van der Waals surface area contributed by atoms with Crippen LogP contribution in [0.5, 0.6) is 0 Å². The number of hydrogen-bond donors (Lipinski definition) is 0. The van der Waals surface area contributed by atoms with Crippen LogP contribution in [-0.2, 0) is 5.41 Å². The Morgan fingerprint density at radius 3 is 1.62 bits per heavy atom. The van der Waals surface area contributed by atoms with E-state index in [9.17, 15) is 0 Å². The van der Waals surface area contributed by atoms with Gasteiger partial charge in [-0.25, -0.2) is 0 Å². The second-order valence-electron chi connectivity index (χ2n) is 15.2. The van der Waals surface area contributed by atoms with Gasteiger partial charge in [-0.15, -0.1) is 0 Å². The third kappa shape index (κ3) is 4.80. The molecule has 1 aliphatic carbocycles. The molecule has 0 bridgehead atoms. The van der Waals surface area contributed by atoms with Crippen molar-refractivity contribution in [3.8, 4) is 22.3 Å². The molecule has 12 rings (SSSR count). The summed E-state index contributed by atoms with van der Waals surface area (Å²) in [6, 6.07) is 76.1. The minimum atomic E-state index is -0.495. The molecule has 11 aromatic rings. The molecule has 0 radical (unpaired) electrons. The molecule has 0 unspecified atom stereocenters. The van der Waals surface area contributed by atoms with Crippen LogP contribution in [0.4, 0.5) is 17.1 Å². The second-order valence-corrected chi connectivity index (χ2v) is 15.2. The van der Waals surface area contributed by atoms with Gasteiger partial charge in [-0.3, -0.25) is 0 Å². The van der Waals surface area contributed by atoms with Crippen LogP contribution in [0.15, 0.2) is 221 Å². The fraction of sp³-hybridized carbons (Fsp3) is 0.0182. The SMILES string of the molecule is c1ccc(-c2ccc(N(c3ccc4c(c3)oc3cc5c(cc34)-c3ccccc3C5(c3ccccc3)c3ccccc3)c3ccc4oc5ccccc5c4c3)cc2)cc1. The maximum absolute atomic E-state index is 6.95. The number of benzene rings is 9. The van der Waals surface area contributed by atoms with E-state index in [1.54, 1.807) is 0 Å². The summed E-state index contributed by atoms with van der Waals surface area (Å²) in [5, 5.41) is 4.38. The van der Waals surface area contributed by atoms with Crippen LogP contribution in [0.2, 0.25) is 0 Å². The molecule has 0 spiro atoms. The highest BCUT2D eigenvalue weighted by Gasteiger charge is 2.46. The standard InChI is InChI=1S/C55H35NO2/c1-4-14-36(15-5-1)37-24-26-40(27-25-37)56(41-29-31-52-47(32-41)44-21-11-13-23-51(44)57-52)42-28-30-45-48-34-46-43-20-10-12-22-49(43)55(38-16-6-2-7-17-38,39-18-8-3-9-19-39)50(46)35-54(48)58-53(45)33-42/h1-35H. The molecule has 3 nitrogen and oxygen atoms in total. The highest BCUT2D eigenvalue weighted by Crippen LogP contribution is 2.57. The van der Waals surface area contributed by atoms with E-state index in [2.05, 4.69) is 205 Å². The number of rotatable bonds is 6. The van der Waals surface area contributed by atoms with Gasteiger partial charge in [-0.1, -0.05) is 146 Å². The molecule has 3 heteroatoms. The third-order valence-corrected chi connectivity index (χ3v) is 12.1. The molecular formula is C55H35NO2. The Kier molecular flexibility index (Phi) is 7.14. The number of hydrogen-bond acceptors (Lipinski definition) is 3. The van der Waals surface area contributed by atoms with E-state index >= 15 is 0 Å². The molecule has 0 fully saturated rings. The van der Waals surface area contributed by atoms with Crippen molar-refractivity contribution in [3.05, 3.63) is 235 Å². The van der Waals surface area contributed by atoms with Crippen molar-refractivity contribution in [1.29, 1.82) is 0 Å². The second kappa shape index (κ2) is 12.7. The summed E-state index contributed by atoms with van der Waals surface area (Å²) in [6.07, 6.45) is 0. The van der Waals surface area contributed by atoms with Gasteiger partial charge in [0, 0.05) is 44.7 Å². The molecule has 58 heavy (non-hydrogen) atoms. The Labute approximate surface area is 335 Å². The first-order valence-electron chi connectivity index (χ1n) is 19.8. The summed E-state index contributed by atoms with van der Waals surface area (Å²) < 4.78 is 13.2. The van der Waals surface area contributed by atoms with Crippen LogP contribution in [0.25, 0.3) is 66.1 Å². The van der Waals surface area contributed by atoms with Crippen LogP contribution < -0.4 is 4.90 Å². The summed E-state index contributed by atoms with van der Waals surface area (Å²) in [5.41, 5.74) is 15.9. The highest BCUT2D eigenvalue weighted by atomic mass is 16.3. The topological polar surface area (TPSA) is 29.5 Å². The van der Waals surface area contributed by atoms with Crippen LogP contribution in [0.1, 0.15) is 22.3 Å². The predicted octanol–water partition coefficient (Wildman–Crippen LogP) is 15.0. The lowest BCUT2D eigenvalue weighted by Crippen LogP contribution is -2.28. The van der Waals surface area contributed by atoms with Crippen molar-refractivity contribution in [1.82, 2.24) is 0 Å². The maximum Gasteiger partial charge on any atom is 0.137 e. The average molecular weight is 742 g/mol. The summed E-state index contributed by atoms with van der Waals surface area (Å²) in [6.45, 7) is 0. The van der Waals surface area contributed by atoms with Crippen LogP contribution in [-0.4, -0.2) is 0 Å². The number of nitrogens with zero attached hydrogens (tertiary/aromatic N) is 1. The average Bonchev–Trinajstić information content (AvgIpc) is 3.94. The van der Waals surface area contributed by atoms with E-state index in [4.69, 9.17) is 8.83 Å². The van der Waals surface area contributed by atoms with Crippen molar-refractivity contribution >= 4 is 60.9 Å². The Balaban J connectivity index is 1.06. The Morgan fingerprint density at radius 1 is 0.310 bits per heavy atom. The first kappa shape index (κ1) is 32.6. The normalized spacial score (nSPS) is 13.0. The minimum absolute atomic E-state index is 0.495. The van der Waals surface area contributed by atoms with Crippen molar-refractivity contribution in [2.75, 3.05) is 4.90 Å². The molecule has 0 amide bonds. The molecule has 2 heterocycles. The zero-order valence-electron chi connectivity index (χ0n) is 31.5. The fourth-order valence-corrected chi connectivity index (χ4v) is 9.57. The third-order valence-electron chi connectivity index (χ3n) is 12.1. The van der Waals surface area contributed by atoms with Gasteiger partial charge >= 0.3 is 0 Å². The van der Waals surface area contributed by atoms with Crippen molar-refractivity contribution in [2.45, 2.75) is 5.41 Å². The van der Waals surface area contributed by atoms with Crippen molar-refractivity contribution in [3.63, 3.8) is 0 Å². The van der Waals surface area contributed by atoms with Crippen LogP contribution in [0.3, 0.4) is 0 Å². The molecule has 0 atom stereocenters. The minimum Gasteiger partial charge on any atom is -0.456 e. The van der Waals surface area contributed by atoms with Gasteiger partial charge < -0.3 is 13.7 Å². The molecule has 9 aromatic carbocycles. The van der Waals surface area contributed by atoms with Crippen molar-refractivity contribution < 1.29 is 8.83 Å². The van der Waals surface area contributed by atoms with Gasteiger partial charge in [0.05, 0.1) is 5.41 Å². The van der Waals surface area contributed by atoms with E-state index < -0.39 is 5.41 Å². The largest absolute Gasteiger partial charge is 0.456 e. The number of fused-ring (bicyclic) bond motifs is 9. The molecule has 2 aromatic heterocycles. The molecule has 0 saturated heterocycles. The summed E-state index contributed by atoms with van der Waals surface area (Å²) in [5.74, 6) is 0. The molecule has 0 saturated carbocycles. The predicted molar refractivity (Wildman–Crippen MR) is 238 cm³/mol. The molecule has 272 valence electrons. The monoisotopic (exact) mass is 741 g/mol. The fourth-order valence-electron chi connectivity index (χ4n) is 9.57. The number of furan rings is 2. The van der Waals surface area contributed by atoms with Crippen molar-refractivity contribution in [2.24, 2.45) is 0 Å². The molecule has 0 N–H and O–H groups in total. The smallest absolute Gasteiger partial charge is 0.137 e. The highest BCUT2D eigenvalue weighted by molar-refractivity contribution is 6.10. The van der Waals surface area contributed by atoms with Gasteiger partial charge in [-0.05, 0) is 105 Å². The van der Waals surface area contributed by atoms with Crippen LogP contribution in [0, 0.1) is 0 Å². The lowest BCUT2D eigenvalue weighted by Gasteiger charge is -2.33. The maximum atomic E-state index is 6.95. The molecule has 0 aliphatic heterocycles. The first-order valence-corrected chi connectivity index (χ1v) is 19.8. The lowest BCUT2D eigenvalue weighted by atomic mass is 9.67. The Bertz CT molecular complexity index is 3290. The van der Waals surface area contributed by atoms with Gasteiger partial charge in [0.25, 0.3) is 0 Å². The summed E-state index contributed by atoms with van der Waals surface area (Å²) in [4.78, 5) is 2.31. The van der Waals surface area contributed by atoms with Gasteiger partial charge in [-0.2, -0.15) is 0 Å². The molecular weight excluding hydrogens is 707 g/mol. The van der Waals surface area contributed by atoms with Crippen LogP contribution >= 0.6 is 0 Å². The molecule has 1 aliphatic rings. The number of para-hydroxylation sites is 1. The summed E-state index contributed by atoms with van der Waals surface area (Å²) in [7, 11) is 0.